The number of likely N-dealkylation sites (tertiary alicyclic amines) is 1. The van der Waals surface area contributed by atoms with Crippen molar-refractivity contribution in [2.24, 2.45) is 5.92 Å². The molecule has 2 fully saturated rings. The molecule has 164 valence electrons. The number of ether oxygens (including phenoxy) is 1. The number of nitrogens with zero attached hydrogens (tertiary/aromatic N) is 4. The van der Waals surface area contributed by atoms with Crippen LogP contribution in [0.25, 0.3) is 6.08 Å². The van der Waals surface area contributed by atoms with Crippen molar-refractivity contribution in [3.05, 3.63) is 53.4 Å². The molecule has 7 nitrogen and oxygen atoms in total. The Balaban J connectivity index is 1.62. The second-order valence-electron chi connectivity index (χ2n) is 7.95. The SMILES string of the molecule is COC(=O)Cn1ncnc1/C=C1/CN(C(C(=O)C2CC2)c2ccccc2F)CCC1S. The summed E-state index contributed by atoms with van der Waals surface area (Å²) in [5.74, 6) is -0.188. The Morgan fingerprint density at radius 2 is 2.10 bits per heavy atom. The first-order valence-electron chi connectivity index (χ1n) is 10.3. The number of hydrogen-bond donors (Lipinski definition) is 1. The summed E-state index contributed by atoms with van der Waals surface area (Å²) in [6, 6.07) is 5.88. The minimum absolute atomic E-state index is 0.00826. The topological polar surface area (TPSA) is 77.3 Å². The van der Waals surface area contributed by atoms with E-state index in [4.69, 9.17) is 17.4 Å². The highest BCUT2D eigenvalue weighted by Gasteiger charge is 2.40. The maximum absolute atomic E-state index is 14.7. The maximum atomic E-state index is 14.7. The fourth-order valence-electron chi connectivity index (χ4n) is 3.93. The van der Waals surface area contributed by atoms with Gasteiger partial charge in [0, 0.05) is 29.8 Å². The highest BCUT2D eigenvalue weighted by Crippen LogP contribution is 2.39. The zero-order valence-corrected chi connectivity index (χ0v) is 18.2. The summed E-state index contributed by atoms with van der Waals surface area (Å²) in [6.45, 7) is 1.04. The number of ketones is 1. The summed E-state index contributed by atoms with van der Waals surface area (Å²) in [4.78, 5) is 31.0. The summed E-state index contributed by atoms with van der Waals surface area (Å²) in [5, 5.41) is 4.05. The molecule has 2 heterocycles. The summed E-state index contributed by atoms with van der Waals surface area (Å²) >= 11 is 4.71. The lowest BCUT2D eigenvalue weighted by atomic mass is 9.93. The molecule has 0 radical (unpaired) electrons. The molecule has 1 aliphatic carbocycles. The van der Waals surface area contributed by atoms with Gasteiger partial charge in [0.2, 0.25) is 0 Å². The van der Waals surface area contributed by atoms with Crippen LogP contribution < -0.4 is 0 Å². The Hall–Kier alpha value is -2.52. The normalized spacial score (nSPS) is 21.8. The van der Waals surface area contributed by atoms with E-state index in [9.17, 15) is 14.0 Å². The molecule has 2 aliphatic rings. The molecule has 2 atom stereocenters. The molecule has 0 bridgehead atoms. The van der Waals surface area contributed by atoms with E-state index in [1.165, 1.54) is 24.2 Å². The number of thiol groups is 1. The van der Waals surface area contributed by atoms with Crippen molar-refractivity contribution in [2.45, 2.75) is 37.1 Å². The number of carbonyl (C=O) groups is 2. The minimum Gasteiger partial charge on any atom is -0.468 e. The van der Waals surface area contributed by atoms with Crippen LogP contribution in [0.15, 0.2) is 36.2 Å². The predicted molar refractivity (Wildman–Crippen MR) is 116 cm³/mol. The number of halogens is 1. The molecule has 1 aromatic carbocycles. The van der Waals surface area contributed by atoms with E-state index in [2.05, 4.69) is 10.1 Å². The van der Waals surface area contributed by atoms with Gasteiger partial charge in [-0.1, -0.05) is 18.2 Å². The lowest BCUT2D eigenvalue weighted by Gasteiger charge is -2.37. The van der Waals surface area contributed by atoms with Crippen LogP contribution in [0.5, 0.6) is 0 Å². The van der Waals surface area contributed by atoms with Crippen LogP contribution in [0.3, 0.4) is 0 Å². The van der Waals surface area contributed by atoms with Crippen molar-refractivity contribution < 1.29 is 18.7 Å². The number of hydrogen-bond acceptors (Lipinski definition) is 7. The Morgan fingerprint density at radius 3 is 2.81 bits per heavy atom. The first-order chi connectivity index (χ1) is 15.0. The average molecular weight is 445 g/mol. The van der Waals surface area contributed by atoms with Gasteiger partial charge in [-0.3, -0.25) is 14.5 Å². The smallest absolute Gasteiger partial charge is 0.327 e. The number of carbonyl (C=O) groups excluding carboxylic acids is 2. The van der Waals surface area contributed by atoms with Crippen LogP contribution >= 0.6 is 12.6 Å². The van der Waals surface area contributed by atoms with E-state index in [0.29, 0.717) is 30.9 Å². The molecule has 9 heteroatoms. The summed E-state index contributed by atoms with van der Waals surface area (Å²) in [7, 11) is 1.32. The summed E-state index contributed by atoms with van der Waals surface area (Å²) in [6.07, 6.45) is 5.67. The molecule has 1 saturated heterocycles. The van der Waals surface area contributed by atoms with Crippen molar-refractivity contribution >= 4 is 30.5 Å². The summed E-state index contributed by atoms with van der Waals surface area (Å²) < 4.78 is 20.8. The van der Waals surface area contributed by atoms with E-state index >= 15 is 0 Å². The van der Waals surface area contributed by atoms with E-state index in [1.54, 1.807) is 18.2 Å². The molecule has 2 aromatic rings. The van der Waals surface area contributed by atoms with Crippen LogP contribution in [0.4, 0.5) is 4.39 Å². The van der Waals surface area contributed by atoms with Gasteiger partial charge in [0.1, 0.15) is 18.7 Å². The van der Waals surface area contributed by atoms with Gasteiger partial charge in [-0.25, -0.2) is 14.1 Å². The molecular weight excluding hydrogens is 419 g/mol. The highest BCUT2D eigenvalue weighted by atomic mass is 32.1. The Labute approximate surface area is 185 Å². The molecule has 1 aromatic heterocycles. The third-order valence-electron chi connectivity index (χ3n) is 5.78. The molecule has 1 saturated carbocycles. The number of methoxy groups -OCH3 is 1. The van der Waals surface area contributed by atoms with Gasteiger partial charge in [0.25, 0.3) is 0 Å². The Bertz CT molecular complexity index is 1000. The summed E-state index contributed by atoms with van der Waals surface area (Å²) in [5.41, 5.74) is 1.36. The van der Waals surface area contributed by atoms with Gasteiger partial charge in [-0.05, 0) is 37.0 Å². The third kappa shape index (κ3) is 4.88. The quantitative estimate of drug-likeness (QED) is 0.523. The monoisotopic (exact) mass is 444 g/mol. The van der Waals surface area contributed by atoms with Crippen molar-refractivity contribution in [1.82, 2.24) is 19.7 Å². The number of rotatable bonds is 7. The fraction of sp³-hybridized carbons (Fsp3) is 0.455. The number of piperidine rings is 1. The van der Waals surface area contributed by atoms with Gasteiger partial charge < -0.3 is 4.74 Å². The molecule has 1 aliphatic heterocycles. The molecule has 0 spiro atoms. The third-order valence-corrected chi connectivity index (χ3v) is 6.37. The van der Waals surface area contributed by atoms with Crippen molar-refractivity contribution in [2.75, 3.05) is 20.2 Å². The number of aromatic nitrogens is 3. The van der Waals surface area contributed by atoms with Crippen LogP contribution in [0.2, 0.25) is 0 Å². The second kappa shape index (κ2) is 9.32. The minimum atomic E-state index is -0.620. The van der Waals surface area contributed by atoms with Gasteiger partial charge in [0.15, 0.2) is 11.6 Å². The number of Topliss-reactive ketones (excluding diaryl/α,β-unsaturated/α-hetero) is 1. The van der Waals surface area contributed by atoms with E-state index in [-0.39, 0.29) is 29.3 Å². The zero-order valence-electron chi connectivity index (χ0n) is 17.3. The first kappa shape index (κ1) is 21.7. The molecule has 4 rings (SSSR count). The Morgan fingerprint density at radius 1 is 1.32 bits per heavy atom. The molecule has 0 N–H and O–H groups in total. The molecule has 0 amide bonds. The number of benzene rings is 1. The fourth-order valence-corrected chi connectivity index (χ4v) is 4.20. The van der Waals surface area contributed by atoms with Crippen LogP contribution in [0.1, 0.15) is 36.7 Å². The van der Waals surface area contributed by atoms with Crippen molar-refractivity contribution in [3.63, 3.8) is 0 Å². The standard InChI is InChI=1S/C22H25FN4O3S/c1-30-20(28)12-27-19(24-13-25-27)10-15-11-26(9-8-18(15)31)21(22(29)14-6-7-14)16-4-2-3-5-17(16)23/h2-5,10,13-14,18,21,31H,6-9,11-12H2,1H3/b15-10-. The van der Waals surface area contributed by atoms with E-state index < -0.39 is 12.0 Å². The second-order valence-corrected chi connectivity index (χ2v) is 8.57. The van der Waals surface area contributed by atoms with Crippen LogP contribution in [-0.2, 0) is 20.9 Å². The van der Waals surface area contributed by atoms with Gasteiger partial charge in [0.05, 0.1) is 13.2 Å². The van der Waals surface area contributed by atoms with Crippen molar-refractivity contribution in [1.29, 1.82) is 0 Å². The molecular formula is C22H25FN4O3S. The lowest BCUT2D eigenvalue weighted by Crippen LogP contribution is -2.42. The highest BCUT2D eigenvalue weighted by molar-refractivity contribution is 7.81. The van der Waals surface area contributed by atoms with Crippen LogP contribution in [0, 0.1) is 11.7 Å². The number of esters is 1. The Kier molecular flexibility index (Phi) is 6.52. The van der Waals surface area contributed by atoms with Crippen molar-refractivity contribution in [3.8, 4) is 0 Å². The predicted octanol–water partition coefficient (Wildman–Crippen LogP) is 2.70. The van der Waals surface area contributed by atoms with Gasteiger partial charge >= 0.3 is 5.97 Å². The molecule has 2 unspecified atom stereocenters. The van der Waals surface area contributed by atoms with Gasteiger partial charge in [-0.2, -0.15) is 17.7 Å². The van der Waals surface area contributed by atoms with E-state index in [0.717, 1.165) is 18.4 Å². The largest absolute Gasteiger partial charge is 0.468 e. The zero-order chi connectivity index (χ0) is 22.0. The van der Waals surface area contributed by atoms with Crippen LogP contribution in [-0.4, -0.2) is 56.9 Å². The maximum Gasteiger partial charge on any atom is 0.327 e. The van der Waals surface area contributed by atoms with E-state index in [1.807, 2.05) is 11.0 Å². The van der Waals surface area contributed by atoms with Gasteiger partial charge in [-0.15, -0.1) is 0 Å². The lowest BCUT2D eigenvalue weighted by molar-refractivity contribution is -0.141. The molecule has 31 heavy (non-hydrogen) atoms. The first-order valence-corrected chi connectivity index (χ1v) is 10.8. The average Bonchev–Trinajstić information content (AvgIpc) is 3.53.